The molecule has 2 aromatic carbocycles. The number of hydrogen-bond acceptors (Lipinski definition) is 6. The van der Waals surface area contributed by atoms with Crippen molar-refractivity contribution in [2.75, 3.05) is 18.5 Å². The number of benzene rings is 2. The quantitative estimate of drug-likeness (QED) is 0.388. The number of anilines is 1. The van der Waals surface area contributed by atoms with Crippen LogP contribution in [0.5, 0.6) is 0 Å². The van der Waals surface area contributed by atoms with Crippen molar-refractivity contribution < 1.29 is 22.7 Å². The first-order valence-corrected chi connectivity index (χ1v) is 13.1. The topological polar surface area (TPSA) is 92.8 Å². The van der Waals surface area contributed by atoms with Crippen LogP contribution in [0.4, 0.5) is 5.69 Å². The highest BCUT2D eigenvalue weighted by Crippen LogP contribution is 2.28. The summed E-state index contributed by atoms with van der Waals surface area (Å²) >= 11 is 1.65. The third-order valence-electron chi connectivity index (χ3n) is 5.37. The average molecular weight is 497 g/mol. The Morgan fingerprint density at radius 3 is 2.71 bits per heavy atom. The highest BCUT2D eigenvalue weighted by atomic mass is 32.2. The molecular weight excluding hydrogens is 472 g/mol. The van der Waals surface area contributed by atoms with Crippen LogP contribution in [0, 0.1) is 0 Å². The Morgan fingerprint density at radius 1 is 1.15 bits per heavy atom. The molecule has 0 saturated heterocycles. The summed E-state index contributed by atoms with van der Waals surface area (Å²) in [4.78, 5) is 25.5. The molecule has 0 unspecified atom stereocenters. The van der Waals surface area contributed by atoms with E-state index < -0.39 is 21.9 Å². The van der Waals surface area contributed by atoms with E-state index in [2.05, 4.69) is 5.32 Å². The molecule has 4 rings (SSSR count). The number of rotatable bonds is 7. The summed E-state index contributed by atoms with van der Waals surface area (Å²) in [5, 5.41) is 4.76. The number of sulfonamides is 1. The summed E-state index contributed by atoms with van der Waals surface area (Å²) in [6, 6.07) is 14.9. The van der Waals surface area contributed by atoms with E-state index in [0.29, 0.717) is 31.8 Å². The zero-order valence-electron chi connectivity index (χ0n) is 18.6. The van der Waals surface area contributed by atoms with Crippen molar-refractivity contribution in [3.8, 4) is 0 Å². The highest BCUT2D eigenvalue weighted by Gasteiger charge is 2.29. The molecule has 7 nitrogen and oxygen atoms in total. The van der Waals surface area contributed by atoms with Gasteiger partial charge in [-0.25, -0.2) is 13.2 Å². The van der Waals surface area contributed by atoms with Gasteiger partial charge in [0.2, 0.25) is 10.0 Å². The number of ether oxygens (including phenoxy) is 1. The molecule has 0 bridgehead atoms. The van der Waals surface area contributed by atoms with Crippen LogP contribution < -0.4 is 5.32 Å². The van der Waals surface area contributed by atoms with Gasteiger partial charge in [-0.05, 0) is 72.3 Å². The van der Waals surface area contributed by atoms with Crippen molar-refractivity contribution in [1.29, 1.82) is 0 Å². The van der Waals surface area contributed by atoms with Gasteiger partial charge in [-0.15, -0.1) is 11.3 Å². The normalized spacial score (nSPS) is 14.0. The number of nitrogens with zero attached hydrogens (tertiary/aromatic N) is 1. The van der Waals surface area contributed by atoms with Gasteiger partial charge in [-0.1, -0.05) is 18.2 Å². The van der Waals surface area contributed by atoms with E-state index in [9.17, 15) is 18.0 Å². The molecular formula is C25H24N2O5S2. The molecule has 9 heteroatoms. The molecule has 34 heavy (non-hydrogen) atoms. The molecule has 1 amide bonds. The van der Waals surface area contributed by atoms with Gasteiger partial charge in [0.1, 0.15) is 0 Å². The number of carbonyl (C=O) groups excluding carboxylic acids is 2. The van der Waals surface area contributed by atoms with Crippen LogP contribution in [-0.4, -0.2) is 37.8 Å². The van der Waals surface area contributed by atoms with E-state index in [-0.39, 0.29) is 10.5 Å². The van der Waals surface area contributed by atoms with Gasteiger partial charge in [-0.3, -0.25) is 4.79 Å². The molecule has 1 N–H and O–H groups in total. The van der Waals surface area contributed by atoms with E-state index in [1.165, 1.54) is 27.4 Å². The zero-order chi connectivity index (χ0) is 24.1. The van der Waals surface area contributed by atoms with Crippen LogP contribution in [0.15, 0.2) is 70.9 Å². The Balaban J connectivity index is 1.44. The van der Waals surface area contributed by atoms with Crippen LogP contribution in [0.1, 0.15) is 33.3 Å². The molecule has 1 aliphatic rings. The third kappa shape index (κ3) is 5.44. The Morgan fingerprint density at radius 2 is 1.94 bits per heavy atom. The molecule has 2 heterocycles. The van der Waals surface area contributed by atoms with E-state index in [4.69, 9.17) is 4.74 Å². The second-order valence-electron chi connectivity index (χ2n) is 7.65. The molecule has 1 aromatic heterocycles. The molecule has 1 aliphatic heterocycles. The monoisotopic (exact) mass is 496 g/mol. The molecule has 0 saturated carbocycles. The number of nitrogens with one attached hydrogen (secondary N) is 1. The summed E-state index contributed by atoms with van der Waals surface area (Å²) < 4.78 is 32.7. The van der Waals surface area contributed by atoms with Crippen molar-refractivity contribution >= 4 is 45.0 Å². The minimum Gasteiger partial charge on any atom is -0.463 e. The maximum Gasteiger partial charge on any atom is 0.330 e. The lowest BCUT2D eigenvalue weighted by molar-refractivity contribution is -0.137. The minimum absolute atomic E-state index is 0.0956. The van der Waals surface area contributed by atoms with Gasteiger partial charge in [0.25, 0.3) is 5.91 Å². The van der Waals surface area contributed by atoms with Gasteiger partial charge in [0.15, 0.2) is 0 Å². The summed E-state index contributed by atoms with van der Waals surface area (Å²) in [6.07, 6.45) is 3.65. The number of carbonyl (C=O) groups is 2. The highest BCUT2D eigenvalue weighted by molar-refractivity contribution is 7.89. The average Bonchev–Trinajstić information content (AvgIpc) is 3.32. The first-order valence-electron chi connectivity index (χ1n) is 10.8. The van der Waals surface area contributed by atoms with E-state index in [1.807, 2.05) is 11.4 Å². The summed E-state index contributed by atoms with van der Waals surface area (Å²) in [5.41, 5.74) is 2.61. The van der Waals surface area contributed by atoms with Crippen molar-refractivity contribution in [2.24, 2.45) is 0 Å². The summed E-state index contributed by atoms with van der Waals surface area (Å²) in [7, 11) is -3.72. The fraction of sp³-hybridized carbons (Fsp3) is 0.200. The van der Waals surface area contributed by atoms with Crippen LogP contribution in [-0.2, 0) is 32.5 Å². The van der Waals surface area contributed by atoms with Crippen molar-refractivity contribution in [3.05, 3.63) is 87.6 Å². The largest absolute Gasteiger partial charge is 0.463 e. The summed E-state index contributed by atoms with van der Waals surface area (Å²) in [6.45, 7) is 2.81. The lowest BCUT2D eigenvalue weighted by Crippen LogP contribution is -2.35. The number of fused-ring (bicyclic) bond motifs is 1. The maximum absolute atomic E-state index is 13.2. The maximum atomic E-state index is 13.2. The van der Waals surface area contributed by atoms with Crippen LogP contribution in [0.25, 0.3) is 6.08 Å². The first-order chi connectivity index (χ1) is 16.4. The molecule has 0 aliphatic carbocycles. The minimum atomic E-state index is -3.72. The van der Waals surface area contributed by atoms with Crippen LogP contribution in [0.3, 0.4) is 0 Å². The predicted octanol–water partition coefficient (Wildman–Crippen LogP) is 4.32. The smallest absolute Gasteiger partial charge is 0.330 e. The van der Waals surface area contributed by atoms with Gasteiger partial charge in [0, 0.05) is 35.3 Å². The second-order valence-corrected chi connectivity index (χ2v) is 10.6. The lowest BCUT2D eigenvalue weighted by atomic mass is 10.1. The fourth-order valence-electron chi connectivity index (χ4n) is 3.61. The predicted molar refractivity (Wildman–Crippen MR) is 132 cm³/mol. The molecule has 176 valence electrons. The molecule has 0 spiro atoms. The van der Waals surface area contributed by atoms with Gasteiger partial charge >= 0.3 is 5.97 Å². The van der Waals surface area contributed by atoms with Crippen LogP contribution in [0.2, 0.25) is 0 Å². The molecule has 3 aromatic rings. The van der Waals surface area contributed by atoms with E-state index >= 15 is 0 Å². The number of hydrogen-bond donors (Lipinski definition) is 1. The summed E-state index contributed by atoms with van der Waals surface area (Å²) in [5.74, 6) is -0.833. The molecule has 0 radical (unpaired) electrons. The van der Waals surface area contributed by atoms with Gasteiger partial charge in [-0.2, -0.15) is 4.31 Å². The van der Waals surface area contributed by atoms with E-state index in [1.54, 1.807) is 60.7 Å². The molecule has 0 atom stereocenters. The number of esters is 1. The van der Waals surface area contributed by atoms with Crippen LogP contribution >= 0.6 is 11.3 Å². The fourth-order valence-corrected chi connectivity index (χ4v) is 5.97. The van der Waals surface area contributed by atoms with Crippen molar-refractivity contribution in [1.82, 2.24) is 4.31 Å². The second kappa shape index (κ2) is 10.3. The third-order valence-corrected chi connectivity index (χ3v) is 8.24. The Kier molecular flexibility index (Phi) is 7.26. The SMILES string of the molecule is CCOC(=O)/C=C/c1ccc(NC(=O)c2cccc(S(=O)(=O)N3CCc4sccc4C3)c2)cc1. The van der Waals surface area contributed by atoms with E-state index in [0.717, 1.165) is 11.1 Å². The first kappa shape index (κ1) is 23.9. The number of amides is 1. The zero-order valence-corrected chi connectivity index (χ0v) is 20.2. The van der Waals surface area contributed by atoms with Crippen molar-refractivity contribution in [2.45, 2.75) is 24.8 Å². The molecule has 0 fully saturated rings. The van der Waals surface area contributed by atoms with Gasteiger partial charge in [0.05, 0.1) is 11.5 Å². The Bertz CT molecular complexity index is 1330. The Labute approximate surface area is 202 Å². The number of thiophene rings is 1. The standard InChI is InChI=1S/C25H24N2O5S2/c1-2-32-24(28)11-8-18-6-9-21(10-7-18)26-25(29)19-4-3-5-22(16-19)34(30,31)27-14-12-23-20(17-27)13-15-33-23/h3-11,13,15-16H,2,12,14,17H2,1H3,(H,26,29)/b11-8+. The van der Waals surface area contributed by atoms with Gasteiger partial charge < -0.3 is 10.1 Å². The lowest BCUT2D eigenvalue weighted by Gasteiger charge is -2.26. The van der Waals surface area contributed by atoms with Crippen molar-refractivity contribution in [3.63, 3.8) is 0 Å². The Hall–Kier alpha value is -3.27.